The summed E-state index contributed by atoms with van der Waals surface area (Å²) in [7, 11) is 1.94. The number of non-ortho nitro benzene ring substituents is 1. The Morgan fingerprint density at radius 1 is 0.935 bits per heavy atom. The predicted molar refractivity (Wildman–Crippen MR) is 108 cm³/mol. The van der Waals surface area contributed by atoms with E-state index in [2.05, 4.69) is 4.90 Å². The van der Waals surface area contributed by atoms with Gasteiger partial charge in [0.05, 0.1) is 16.2 Å². The molecule has 0 atom stereocenters. The Morgan fingerprint density at radius 3 is 2.16 bits per heavy atom. The van der Waals surface area contributed by atoms with Gasteiger partial charge in [0.25, 0.3) is 17.5 Å². The predicted octanol–water partition coefficient (Wildman–Crippen LogP) is 2.40. The molecule has 2 amide bonds. The molecular weight excluding hydrogens is 410 g/mol. The van der Waals surface area contributed by atoms with Gasteiger partial charge in [0, 0.05) is 44.4 Å². The van der Waals surface area contributed by atoms with E-state index in [1.54, 1.807) is 4.90 Å². The third kappa shape index (κ3) is 3.66. The number of carbonyl (C=O) groups is 2. The number of amides is 2. The first-order valence-electron chi connectivity index (χ1n) is 9.54. The molecule has 4 rings (SSSR count). The van der Waals surface area contributed by atoms with Crippen molar-refractivity contribution in [2.75, 3.05) is 38.1 Å². The van der Waals surface area contributed by atoms with Crippen LogP contribution in [0.1, 0.15) is 5.56 Å². The first-order chi connectivity index (χ1) is 14.8. The molecule has 160 valence electrons. The van der Waals surface area contributed by atoms with Crippen LogP contribution < -0.4 is 4.90 Å². The lowest BCUT2D eigenvalue weighted by Crippen LogP contribution is -2.46. The second kappa shape index (κ2) is 7.88. The van der Waals surface area contributed by atoms with Crippen LogP contribution in [-0.2, 0) is 9.59 Å². The lowest BCUT2D eigenvalue weighted by Gasteiger charge is -2.34. The molecule has 2 aromatic carbocycles. The number of hydrogen-bond acceptors (Lipinski definition) is 6. The maximum Gasteiger partial charge on any atom is 0.282 e. The van der Waals surface area contributed by atoms with Gasteiger partial charge >= 0.3 is 0 Å². The molecule has 0 spiro atoms. The van der Waals surface area contributed by atoms with Crippen molar-refractivity contribution in [2.45, 2.75) is 0 Å². The van der Waals surface area contributed by atoms with E-state index in [0.717, 1.165) is 12.1 Å². The van der Waals surface area contributed by atoms with Crippen LogP contribution in [0.3, 0.4) is 0 Å². The zero-order valence-corrected chi connectivity index (χ0v) is 16.5. The molecule has 10 heteroatoms. The molecule has 2 aliphatic heterocycles. The Labute approximate surface area is 176 Å². The molecule has 0 aromatic heterocycles. The number of benzene rings is 2. The van der Waals surface area contributed by atoms with Crippen LogP contribution in [0.5, 0.6) is 0 Å². The Balaban J connectivity index is 1.82. The van der Waals surface area contributed by atoms with Crippen LogP contribution in [0.25, 0.3) is 5.57 Å². The van der Waals surface area contributed by atoms with Crippen molar-refractivity contribution < 1.29 is 23.3 Å². The van der Waals surface area contributed by atoms with Gasteiger partial charge in [-0.05, 0) is 36.9 Å². The zero-order valence-electron chi connectivity index (χ0n) is 16.5. The van der Waals surface area contributed by atoms with E-state index in [0.29, 0.717) is 42.7 Å². The normalized spacial score (nSPS) is 17.6. The van der Waals surface area contributed by atoms with Crippen LogP contribution in [0, 0.1) is 21.7 Å². The van der Waals surface area contributed by atoms with Crippen molar-refractivity contribution in [2.24, 2.45) is 0 Å². The van der Waals surface area contributed by atoms with Gasteiger partial charge in [-0.15, -0.1) is 0 Å². The monoisotopic (exact) mass is 428 g/mol. The molecule has 0 unspecified atom stereocenters. The van der Waals surface area contributed by atoms with Crippen LogP contribution in [0.2, 0.25) is 0 Å². The summed E-state index contributed by atoms with van der Waals surface area (Å²) in [4.78, 5) is 41.6. The molecule has 0 saturated carbocycles. The minimum atomic E-state index is -1.04. The summed E-state index contributed by atoms with van der Waals surface area (Å²) in [5, 5.41) is 11.0. The second-order valence-corrected chi connectivity index (χ2v) is 7.36. The smallest absolute Gasteiger partial charge is 0.282 e. The average molecular weight is 428 g/mol. The van der Waals surface area contributed by atoms with Crippen molar-refractivity contribution in [3.63, 3.8) is 0 Å². The van der Waals surface area contributed by atoms with Crippen molar-refractivity contribution in [3.8, 4) is 0 Å². The van der Waals surface area contributed by atoms with Gasteiger partial charge < -0.3 is 9.80 Å². The van der Waals surface area contributed by atoms with E-state index in [4.69, 9.17) is 0 Å². The van der Waals surface area contributed by atoms with Gasteiger partial charge in [0.15, 0.2) is 0 Å². The quantitative estimate of drug-likeness (QED) is 0.422. The summed E-state index contributed by atoms with van der Waals surface area (Å²) < 4.78 is 27.8. The number of halogens is 2. The molecule has 2 aromatic rings. The first-order valence-corrected chi connectivity index (χ1v) is 9.54. The fourth-order valence-corrected chi connectivity index (χ4v) is 3.73. The summed E-state index contributed by atoms with van der Waals surface area (Å²) in [6.07, 6.45) is 0. The van der Waals surface area contributed by atoms with Crippen molar-refractivity contribution in [1.29, 1.82) is 0 Å². The van der Waals surface area contributed by atoms with E-state index in [1.807, 2.05) is 7.05 Å². The highest BCUT2D eigenvalue weighted by atomic mass is 19.1. The highest BCUT2D eigenvalue weighted by Gasteiger charge is 2.43. The highest BCUT2D eigenvalue weighted by molar-refractivity contribution is 6.45. The Kier molecular flexibility index (Phi) is 5.24. The van der Waals surface area contributed by atoms with Gasteiger partial charge in [-0.3, -0.25) is 19.7 Å². The van der Waals surface area contributed by atoms with Gasteiger partial charge in [-0.1, -0.05) is 0 Å². The summed E-state index contributed by atoms with van der Waals surface area (Å²) in [5.74, 6) is -3.35. The fourth-order valence-electron chi connectivity index (χ4n) is 3.73. The third-order valence-electron chi connectivity index (χ3n) is 5.40. The number of hydrogen-bond donors (Lipinski definition) is 0. The number of rotatable bonds is 4. The zero-order chi connectivity index (χ0) is 22.3. The van der Waals surface area contributed by atoms with E-state index in [-0.39, 0.29) is 22.6 Å². The second-order valence-electron chi connectivity index (χ2n) is 7.36. The van der Waals surface area contributed by atoms with Crippen molar-refractivity contribution >= 4 is 28.8 Å². The largest absolute Gasteiger partial charge is 0.364 e. The molecule has 0 N–H and O–H groups in total. The van der Waals surface area contributed by atoms with Gasteiger partial charge in [0.1, 0.15) is 17.3 Å². The minimum Gasteiger partial charge on any atom is -0.364 e. The lowest BCUT2D eigenvalue weighted by molar-refractivity contribution is -0.384. The summed E-state index contributed by atoms with van der Waals surface area (Å²) in [5.41, 5.74) is -0.0598. The minimum absolute atomic E-state index is 0.0353. The molecule has 31 heavy (non-hydrogen) atoms. The Morgan fingerprint density at radius 2 is 1.58 bits per heavy atom. The van der Waals surface area contributed by atoms with Crippen LogP contribution in [0.15, 0.2) is 48.2 Å². The molecule has 8 nitrogen and oxygen atoms in total. The SMILES string of the molecule is CN1CCN(C2=C(c3ccc([N+](=O)[O-])cc3)C(=O)N(c3ccc(F)cc3F)C2=O)CC1. The fraction of sp³-hybridized carbons (Fsp3) is 0.238. The van der Waals surface area contributed by atoms with Crippen LogP contribution >= 0.6 is 0 Å². The van der Waals surface area contributed by atoms with Crippen molar-refractivity contribution in [1.82, 2.24) is 9.80 Å². The average Bonchev–Trinajstić information content (AvgIpc) is 2.99. The van der Waals surface area contributed by atoms with E-state index in [9.17, 15) is 28.5 Å². The maximum absolute atomic E-state index is 14.4. The van der Waals surface area contributed by atoms with Gasteiger partial charge in [-0.25, -0.2) is 13.7 Å². The summed E-state index contributed by atoms with van der Waals surface area (Å²) in [6.45, 7) is 2.26. The van der Waals surface area contributed by atoms with Crippen LogP contribution in [0.4, 0.5) is 20.2 Å². The topological polar surface area (TPSA) is 87.0 Å². The van der Waals surface area contributed by atoms with Gasteiger partial charge in [0.2, 0.25) is 0 Å². The Hall–Kier alpha value is -3.66. The third-order valence-corrected chi connectivity index (χ3v) is 5.40. The number of imide groups is 1. The van der Waals surface area contributed by atoms with Gasteiger partial charge in [-0.2, -0.15) is 0 Å². The van der Waals surface area contributed by atoms with Crippen molar-refractivity contribution in [3.05, 3.63) is 75.5 Å². The van der Waals surface area contributed by atoms with E-state index < -0.39 is 28.4 Å². The van der Waals surface area contributed by atoms with E-state index in [1.165, 1.54) is 24.3 Å². The lowest BCUT2D eigenvalue weighted by atomic mass is 10.0. The molecule has 1 fully saturated rings. The molecule has 2 heterocycles. The number of nitrogens with zero attached hydrogens (tertiary/aromatic N) is 4. The Bertz CT molecular complexity index is 1110. The standard InChI is InChI=1S/C21H18F2N4O4/c1-24-8-10-25(11-9-24)19-18(13-2-5-15(6-3-13)27(30)31)20(28)26(21(19)29)17-7-4-14(22)12-16(17)23/h2-7,12H,8-11H2,1H3. The highest BCUT2D eigenvalue weighted by Crippen LogP contribution is 2.36. The number of nitro groups is 1. The maximum atomic E-state index is 14.4. The van der Waals surface area contributed by atoms with E-state index >= 15 is 0 Å². The molecule has 0 bridgehead atoms. The first kappa shape index (κ1) is 20.6. The molecule has 2 aliphatic rings. The molecular formula is C21H18F2N4O4. The molecule has 1 saturated heterocycles. The number of likely N-dealkylation sites (N-methyl/N-ethyl adjacent to an activating group) is 1. The number of anilines is 1. The number of piperazine rings is 1. The number of nitro benzene ring substituents is 1. The number of carbonyl (C=O) groups excluding carboxylic acids is 2. The molecule has 0 aliphatic carbocycles. The van der Waals surface area contributed by atoms with Crippen LogP contribution in [-0.4, -0.2) is 59.8 Å². The molecule has 0 radical (unpaired) electrons. The summed E-state index contributed by atoms with van der Waals surface area (Å²) >= 11 is 0. The summed E-state index contributed by atoms with van der Waals surface area (Å²) in [6, 6.07) is 7.87.